The van der Waals surface area contributed by atoms with E-state index in [4.69, 9.17) is 0 Å². The molecule has 1 aliphatic heterocycles. The third kappa shape index (κ3) is 4.06. The number of aryl methyl sites for hydroxylation is 1. The van der Waals surface area contributed by atoms with Crippen molar-refractivity contribution in [2.75, 3.05) is 13.1 Å². The summed E-state index contributed by atoms with van der Waals surface area (Å²) in [5.41, 5.74) is 2.41. The molecule has 1 aromatic rings. The van der Waals surface area contributed by atoms with Crippen LogP contribution in [0.4, 0.5) is 0 Å². The van der Waals surface area contributed by atoms with E-state index in [9.17, 15) is 9.90 Å². The maximum Gasteiger partial charge on any atom is 0.226 e. The van der Waals surface area contributed by atoms with Crippen molar-refractivity contribution >= 4 is 5.91 Å². The van der Waals surface area contributed by atoms with Gasteiger partial charge in [-0.15, -0.1) is 0 Å². The topological polar surface area (TPSA) is 40.5 Å². The maximum atomic E-state index is 12.1. The van der Waals surface area contributed by atoms with Gasteiger partial charge in [0.15, 0.2) is 0 Å². The molecule has 0 radical (unpaired) electrons. The van der Waals surface area contributed by atoms with Gasteiger partial charge in [0.1, 0.15) is 0 Å². The number of rotatable bonds is 4. The predicted molar refractivity (Wildman–Crippen MR) is 76.0 cm³/mol. The molecule has 1 N–H and O–H groups in total. The predicted octanol–water partition coefficient (Wildman–Crippen LogP) is 2.16. The highest BCUT2D eigenvalue weighted by Gasteiger charge is 2.21. The second-order valence-electron chi connectivity index (χ2n) is 5.36. The molecule has 19 heavy (non-hydrogen) atoms. The molecule has 1 heterocycles. The van der Waals surface area contributed by atoms with E-state index in [1.165, 1.54) is 5.56 Å². The van der Waals surface area contributed by atoms with Crippen LogP contribution in [0, 0.1) is 0 Å². The first kappa shape index (κ1) is 14.1. The zero-order valence-electron chi connectivity index (χ0n) is 11.6. The summed E-state index contributed by atoms with van der Waals surface area (Å²) in [6.07, 6.45) is 3.91. The Hall–Kier alpha value is -1.35. The highest BCUT2D eigenvalue weighted by molar-refractivity contribution is 5.78. The molecule has 0 spiro atoms. The molecule has 0 bridgehead atoms. The number of benzene rings is 1. The molecule has 2 rings (SSSR count). The van der Waals surface area contributed by atoms with E-state index in [-0.39, 0.29) is 12.0 Å². The summed E-state index contributed by atoms with van der Waals surface area (Å²) in [6, 6.07) is 8.35. The molecule has 1 aromatic carbocycles. The molecule has 104 valence electrons. The van der Waals surface area contributed by atoms with Crippen molar-refractivity contribution in [2.45, 2.75) is 45.1 Å². The van der Waals surface area contributed by atoms with Gasteiger partial charge >= 0.3 is 0 Å². The molecular weight excluding hydrogens is 238 g/mol. The number of nitrogens with zero attached hydrogens (tertiary/aromatic N) is 1. The van der Waals surface area contributed by atoms with Gasteiger partial charge in [-0.05, 0) is 30.4 Å². The number of amides is 1. The average Bonchev–Trinajstić information content (AvgIpc) is 2.42. The molecule has 3 heteroatoms. The van der Waals surface area contributed by atoms with Crippen LogP contribution in [0.25, 0.3) is 0 Å². The summed E-state index contributed by atoms with van der Waals surface area (Å²) in [5, 5.41) is 9.44. The highest BCUT2D eigenvalue weighted by Crippen LogP contribution is 2.13. The molecule has 1 fully saturated rings. The van der Waals surface area contributed by atoms with Gasteiger partial charge in [-0.2, -0.15) is 0 Å². The van der Waals surface area contributed by atoms with E-state index in [0.717, 1.165) is 18.4 Å². The molecule has 1 amide bonds. The van der Waals surface area contributed by atoms with Gasteiger partial charge in [0.05, 0.1) is 12.5 Å². The Bertz CT molecular complexity index is 405. The summed E-state index contributed by atoms with van der Waals surface area (Å²) >= 11 is 0. The summed E-state index contributed by atoms with van der Waals surface area (Å²) in [7, 11) is 0. The molecule has 0 aliphatic carbocycles. The second-order valence-corrected chi connectivity index (χ2v) is 5.36. The first-order valence-electron chi connectivity index (χ1n) is 7.22. The molecule has 3 nitrogen and oxygen atoms in total. The lowest BCUT2D eigenvalue weighted by molar-refractivity contribution is -0.132. The molecule has 0 saturated carbocycles. The van der Waals surface area contributed by atoms with E-state index >= 15 is 0 Å². The fourth-order valence-electron chi connectivity index (χ4n) is 2.51. The minimum absolute atomic E-state index is 0.176. The quantitative estimate of drug-likeness (QED) is 0.902. The largest absolute Gasteiger partial charge is 0.393 e. The Morgan fingerprint density at radius 2 is 1.79 bits per heavy atom. The minimum Gasteiger partial charge on any atom is -0.393 e. The molecular formula is C16H23NO2. The van der Waals surface area contributed by atoms with Crippen LogP contribution >= 0.6 is 0 Å². The van der Waals surface area contributed by atoms with Crippen LogP contribution in [0.15, 0.2) is 24.3 Å². The van der Waals surface area contributed by atoms with Gasteiger partial charge in [-0.1, -0.05) is 37.6 Å². The van der Waals surface area contributed by atoms with Gasteiger partial charge in [0, 0.05) is 13.1 Å². The highest BCUT2D eigenvalue weighted by atomic mass is 16.3. The monoisotopic (exact) mass is 261 g/mol. The van der Waals surface area contributed by atoms with Gasteiger partial charge in [-0.25, -0.2) is 0 Å². The van der Waals surface area contributed by atoms with Crippen LogP contribution < -0.4 is 0 Å². The van der Waals surface area contributed by atoms with Gasteiger partial charge < -0.3 is 10.0 Å². The Morgan fingerprint density at radius 1 is 1.21 bits per heavy atom. The number of carbonyl (C=O) groups is 1. The SMILES string of the molecule is CCCc1ccc(CC(=O)N2CCC(O)CC2)cc1. The number of hydrogen-bond donors (Lipinski definition) is 1. The summed E-state index contributed by atoms with van der Waals surface area (Å²) in [4.78, 5) is 14.0. The lowest BCUT2D eigenvalue weighted by Gasteiger charge is -2.29. The van der Waals surface area contributed by atoms with Crippen LogP contribution in [-0.4, -0.2) is 35.1 Å². The summed E-state index contributed by atoms with van der Waals surface area (Å²) < 4.78 is 0. The Labute approximate surface area is 115 Å². The molecule has 0 atom stereocenters. The maximum absolute atomic E-state index is 12.1. The van der Waals surface area contributed by atoms with Crippen molar-refractivity contribution in [3.05, 3.63) is 35.4 Å². The fraction of sp³-hybridized carbons (Fsp3) is 0.562. The van der Waals surface area contributed by atoms with E-state index in [0.29, 0.717) is 32.4 Å². The van der Waals surface area contributed by atoms with Crippen molar-refractivity contribution in [1.29, 1.82) is 0 Å². The van der Waals surface area contributed by atoms with Gasteiger partial charge in [0.25, 0.3) is 0 Å². The van der Waals surface area contributed by atoms with Crippen LogP contribution in [0.3, 0.4) is 0 Å². The van der Waals surface area contributed by atoms with Crippen LogP contribution in [0.2, 0.25) is 0 Å². The van der Waals surface area contributed by atoms with Gasteiger partial charge in [0.2, 0.25) is 5.91 Å². The molecule has 0 aromatic heterocycles. The van der Waals surface area contributed by atoms with E-state index < -0.39 is 0 Å². The molecule has 0 unspecified atom stereocenters. The van der Waals surface area contributed by atoms with Crippen LogP contribution in [0.1, 0.15) is 37.3 Å². The second kappa shape index (κ2) is 6.71. The Kier molecular flexibility index (Phi) is 4.97. The van der Waals surface area contributed by atoms with Crippen molar-refractivity contribution in [2.24, 2.45) is 0 Å². The third-order valence-corrected chi connectivity index (χ3v) is 3.73. The third-order valence-electron chi connectivity index (χ3n) is 3.73. The average molecular weight is 261 g/mol. The molecule has 1 aliphatic rings. The number of piperidine rings is 1. The normalized spacial score (nSPS) is 16.6. The van der Waals surface area contributed by atoms with Crippen molar-refractivity contribution < 1.29 is 9.90 Å². The summed E-state index contributed by atoms with van der Waals surface area (Å²) in [6.45, 7) is 3.55. The number of hydrogen-bond acceptors (Lipinski definition) is 2. The lowest BCUT2D eigenvalue weighted by atomic mass is 10.0. The van der Waals surface area contributed by atoms with Crippen LogP contribution in [-0.2, 0) is 17.6 Å². The smallest absolute Gasteiger partial charge is 0.226 e. The fourth-order valence-corrected chi connectivity index (χ4v) is 2.51. The zero-order valence-corrected chi connectivity index (χ0v) is 11.6. The zero-order chi connectivity index (χ0) is 13.7. The van der Waals surface area contributed by atoms with Crippen molar-refractivity contribution in [3.63, 3.8) is 0 Å². The minimum atomic E-state index is -0.225. The van der Waals surface area contributed by atoms with E-state index in [2.05, 4.69) is 31.2 Å². The van der Waals surface area contributed by atoms with Gasteiger partial charge in [-0.3, -0.25) is 4.79 Å². The van der Waals surface area contributed by atoms with Crippen molar-refractivity contribution in [1.82, 2.24) is 4.90 Å². The first-order valence-corrected chi connectivity index (χ1v) is 7.22. The van der Waals surface area contributed by atoms with Crippen LogP contribution in [0.5, 0.6) is 0 Å². The number of carbonyl (C=O) groups excluding carboxylic acids is 1. The molecule has 1 saturated heterocycles. The first-order chi connectivity index (χ1) is 9.19. The van der Waals surface area contributed by atoms with E-state index in [1.54, 1.807) is 0 Å². The Balaban J connectivity index is 1.88. The number of aliphatic hydroxyl groups is 1. The Morgan fingerprint density at radius 3 is 2.37 bits per heavy atom. The number of aliphatic hydroxyl groups excluding tert-OH is 1. The number of likely N-dealkylation sites (tertiary alicyclic amines) is 1. The lowest BCUT2D eigenvalue weighted by Crippen LogP contribution is -2.40. The van der Waals surface area contributed by atoms with Crippen molar-refractivity contribution in [3.8, 4) is 0 Å². The summed E-state index contributed by atoms with van der Waals surface area (Å²) in [5.74, 6) is 0.176. The standard InChI is InChI=1S/C16H23NO2/c1-2-3-13-4-6-14(7-5-13)12-16(19)17-10-8-15(18)9-11-17/h4-7,15,18H,2-3,8-12H2,1H3. The van der Waals surface area contributed by atoms with E-state index in [1.807, 2.05) is 4.90 Å².